The predicted octanol–water partition coefficient (Wildman–Crippen LogP) is 2.16. The lowest BCUT2D eigenvalue weighted by atomic mass is 10.1. The van der Waals surface area contributed by atoms with E-state index in [0.717, 1.165) is 0 Å². The third kappa shape index (κ3) is 3.73. The zero-order valence-corrected chi connectivity index (χ0v) is 9.34. The van der Waals surface area contributed by atoms with Crippen LogP contribution in [0, 0.1) is 0 Å². The van der Waals surface area contributed by atoms with E-state index in [1.54, 1.807) is 0 Å². The van der Waals surface area contributed by atoms with Crippen molar-refractivity contribution in [3.63, 3.8) is 0 Å². The number of hydrogen-bond acceptors (Lipinski definition) is 4. The minimum atomic E-state index is -5.34. The first-order valence-corrected chi connectivity index (χ1v) is 4.76. The van der Waals surface area contributed by atoms with E-state index < -0.39 is 47.8 Å². The summed E-state index contributed by atoms with van der Waals surface area (Å²) in [5.74, 6) is -3.42. The first-order valence-electron chi connectivity index (χ1n) is 4.76. The molecule has 0 aliphatic rings. The molecule has 0 amide bonds. The minimum absolute atomic E-state index is 0.0910. The standard InChI is InChI=1S/C9H6F6N2O3/c10-8(11,12)5-1-3(7(18)19)4(2-16)6(17-5)20-9(13,14)15/h1H,2,16H2,(H,18,19). The summed E-state index contributed by atoms with van der Waals surface area (Å²) in [6.07, 6.45) is -10.5. The molecule has 20 heavy (non-hydrogen) atoms. The molecule has 5 nitrogen and oxygen atoms in total. The second-order valence-electron chi connectivity index (χ2n) is 3.39. The van der Waals surface area contributed by atoms with Crippen LogP contribution in [0.4, 0.5) is 26.3 Å². The van der Waals surface area contributed by atoms with Gasteiger partial charge in [-0.2, -0.15) is 13.2 Å². The summed E-state index contributed by atoms with van der Waals surface area (Å²) in [5.41, 5.74) is 1.36. The third-order valence-electron chi connectivity index (χ3n) is 2.02. The molecule has 0 bridgehead atoms. The van der Waals surface area contributed by atoms with Gasteiger partial charge in [0.25, 0.3) is 0 Å². The number of halogens is 6. The van der Waals surface area contributed by atoms with E-state index in [4.69, 9.17) is 10.8 Å². The summed E-state index contributed by atoms with van der Waals surface area (Å²) in [6.45, 7) is -0.793. The summed E-state index contributed by atoms with van der Waals surface area (Å²) in [5, 5.41) is 8.72. The fraction of sp³-hybridized carbons (Fsp3) is 0.333. The lowest BCUT2D eigenvalue weighted by molar-refractivity contribution is -0.276. The van der Waals surface area contributed by atoms with Crippen LogP contribution < -0.4 is 10.5 Å². The van der Waals surface area contributed by atoms with Crippen molar-refractivity contribution >= 4 is 5.97 Å². The molecule has 0 saturated carbocycles. The molecular formula is C9H6F6N2O3. The largest absolute Gasteiger partial charge is 0.574 e. The number of aromatic carboxylic acids is 1. The summed E-state index contributed by atoms with van der Waals surface area (Å²) in [6, 6.07) is 0.0910. The second-order valence-corrected chi connectivity index (χ2v) is 3.39. The summed E-state index contributed by atoms with van der Waals surface area (Å²) in [7, 11) is 0. The highest BCUT2D eigenvalue weighted by Crippen LogP contribution is 2.34. The van der Waals surface area contributed by atoms with Gasteiger partial charge in [0, 0.05) is 12.1 Å². The monoisotopic (exact) mass is 304 g/mol. The fourth-order valence-corrected chi connectivity index (χ4v) is 1.28. The van der Waals surface area contributed by atoms with Crippen molar-refractivity contribution < 1.29 is 41.0 Å². The SMILES string of the molecule is NCc1c(C(=O)O)cc(C(F)(F)F)nc1OC(F)(F)F. The zero-order valence-electron chi connectivity index (χ0n) is 9.34. The number of hydrogen-bond donors (Lipinski definition) is 2. The van der Waals surface area contributed by atoms with Gasteiger partial charge in [0.2, 0.25) is 5.88 Å². The van der Waals surface area contributed by atoms with Crippen LogP contribution in [0.2, 0.25) is 0 Å². The smallest absolute Gasteiger partial charge is 0.478 e. The fourth-order valence-electron chi connectivity index (χ4n) is 1.28. The Balaban J connectivity index is 3.54. The number of rotatable bonds is 3. The molecule has 0 fully saturated rings. The highest BCUT2D eigenvalue weighted by molar-refractivity contribution is 5.90. The molecule has 0 aromatic carbocycles. The van der Waals surface area contributed by atoms with Crippen molar-refractivity contribution in [2.75, 3.05) is 0 Å². The van der Waals surface area contributed by atoms with E-state index >= 15 is 0 Å². The number of nitrogens with two attached hydrogens (primary N) is 1. The van der Waals surface area contributed by atoms with Crippen molar-refractivity contribution in [1.29, 1.82) is 0 Å². The molecule has 3 N–H and O–H groups in total. The number of carboxylic acid groups (broad SMARTS) is 1. The third-order valence-corrected chi connectivity index (χ3v) is 2.02. The number of alkyl halides is 6. The molecule has 0 radical (unpaired) electrons. The maximum absolute atomic E-state index is 12.5. The first-order chi connectivity index (χ1) is 8.95. The molecule has 0 aliphatic heterocycles. The lowest BCUT2D eigenvalue weighted by Crippen LogP contribution is -2.23. The molecule has 0 saturated heterocycles. The highest BCUT2D eigenvalue weighted by Gasteiger charge is 2.38. The molecule has 1 rings (SSSR count). The van der Waals surface area contributed by atoms with E-state index in [1.165, 1.54) is 0 Å². The van der Waals surface area contributed by atoms with Crippen molar-refractivity contribution in [3.8, 4) is 5.88 Å². The molecule has 0 atom stereocenters. The van der Waals surface area contributed by atoms with Crippen LogP contribution in [-0.2, 0) is 12.7 Å². The second kappa shape index (κ2) is 5.15. The van der Waals surface area contributed by atoms with Crippen LogP contribution in [0.3, 0.4) is 0 Å². The highest BCUT2D eigenvalue weighted by atomic mass is 19.4. The molecule has 11 heteroatoms. The first kappa shape index (κ1) is 16.0. The Morgan fingerprint density at radius 1 is 1.30 bits per heavy atom. The Morgan fingerprint density at radius 3 is 2.20 bits per heavy atom. The lowest BCUT2D eigenvalue weighted by Gasteiger charge is -2.15. The number of pyridine rings is 1. The van der Waals surface area contributed by atoms with Gasteiger partial charge in [-0.25, -0.2) is 9.78 Å². The van der Waals surface area contributed by atoms with Gasteiger partial charge < -0.3 is 15.6 Å². The van der Waals surface area contributed by atoms with Gasteiger partial charge in [-0.3, -0.25) is 0 Å². The maximum Gasteiger partial charge on any atom is 0.574 e. The van der Waals surface area contributed by atoms with E-state index in [2.05, 4.69) is 9.72 Å². The summed E-state index contributed by atoms with van der Waals surface area (Å²) < 4.78 is 76.9. The van der Waals surface area contributed by atoms with Crippen molar-refractivity contribution in [3.05, 3.63) is 22.9 Å². The van der Waals surface area contributed by atoms with Gasteiger partial charge in [0.1, 0.15) is 5.69 Å². The van der Waals surface area contributed by atoms with Crippen LogP contribution in [0.1, 0.15) is 21.6 Å². The van der Waals surface area contributed by atoms with Gasteiger partial charge in [-0.1, -0.05) is 0 Å². The van der Waals surface area contributed by atoms with E-state index in [1.807, 2.05) is 0 Å². The van der Waals surface area contributed by atoms with Gasteiger partial charge >= 0.3 is 18.5 Å². The molecule has 1 aromatic rings. The van der Waals surface area contributed by atoms with Crippen molar-refractivity contribution in [1.82, 2.24) is 4.98 Å². The van der Waals surface area contributed by atoms with Gasteiger partial charge in [-0.05, 0) is 6.07 Å². The molecule has 0 spiro atoms. The Bertz CT molecular complexity index is 526. The Hall–Kier alpha value is -2.04. The van der Waals surface area contributed by atoms with Crippen LogP contribution in [-0.4, -0.2) is 22.4 Å². The minimum Gasteiger partial charge on any atom is -0.478 e. The average Bonchev–Trinajstić information content (AvgIpc) is 2.24. The normalized spacial score (nSPS) is 12.3. The van der Waals surface area contributed by atoms with E-state index in [0.29, 0.717) is 0 Å². The van der Waals surface area contributed by atoms with E-state index in [-0.39, 0.29) is 6.07 Å². The number of nitrogens with zero attached hydrogens (tertiary/aromatic N) is 1. The summed E-state index contributed by atoms with van der Waals surface area (Å²) >= 11 is 0. The summed E-state index contributed by atoms with van der Waals surface area (Å²) in [4.78, 5) is 13.4. The van der Waals surface area contributed by atoms with Crippen molar-refractivity contribution in [2.24, 2.45) is 5.73 Å². The number of ether oxygens (including phenoxy) is 1. The Morgan fingerprint density at radius 2 is 1.85 bits per heavy atom. The van der Waals surface area contributed by atoms with Gasteiger partial charge in [0.05, 0.1) is 5.56 Å². The predicted molar refractivity (Wildman–Crippen MR) is 50.8 cm³/mol. The Labute approximate surface area is 107 Å². The van der Waals surface area contributed by atoms with Crippen molar-refractivity contribution in [2.45, 2.75) is 19.1 Å². The molecule has 1 heterocycles. The number of aromatic nitrogens is 1. The van der Waals surface area contributed by atoms with Crippen LogP contribution in [0.25, 0.3) is 0 Å². The van der Waals surface area contributed by atoms with Crippen LogP contribution in [0.15, 0.2) is 6.07 Å². The molecule has 0 aliphatic carbocycles. The van der Waals surface area contributed by atoms with Gasteiger partial charge in [0.15, 0.2) is 0 Å². The average molecular weight is 304 g/mol. The quantitative estimate of drug-likeness (QED) is 0.836. The molecule has 112 valence electrons. The van der Waals surface area contributed by atoms with E-state index in [9.17, 15) is 31.1 Å². The Kier molecular flexibility index (Phi) is 4.12. The number of carboxylic acids is 1. The molecule has 0 unspecified atom stereocenters. The molecular weight excluding hydrogens is 298 g/mol. The number of carbonyl (C=O) groups is 1. The topological polar surface area (TPSA) is 85.4 Å². The maximum atomic E-state index is 12.5. The zero-order chi connectivity index (χ0) is 15.7. The van der Waals surface area contributed by atoms with Crippen LogP contribution in [0.5, 0.6) is 5.88 Å². The molecule has 1 aromatic heterocycles. The van der Waals surface area contributed by atoms with Crippen LogP contribution >= 0.6 is 0 Å². The van der Waals surface area contributed by atoms with Gasteiger partial charge in [-0.15, -0.1) is 13.2 Å².